The Balaban J connectivity index is 1.19. The maximum atomic E-state index is 13.5. The highest BCUT2D eigenvalue weighted by molar-refractivity contribution is 8.00. The SMILES string of the molecule is CC(C)(COc1noc(C(=O)NC2C3CC4CC2CC(O)(C4)C3)c1SC1CCCC1)N1CCCC1=O. The van der Waals surface area contributed by atoms with Crippen molar-refractivity contribution in [2.45, 2.75) is 112 Å². The number of nitrogens with one attached hydrogen (secondary N) is 1. The lowest BCUT2D eigenvalue weighted by Crippen LogP contribution is -2.61. The van der Waals surface area contributed by atoms with Crippen molar-refractivity contribution >= 4 is 23.6 Å². The molecule has 2 N–H and O–H groups in total. The minimum absolute atomic E-state index is 0.0771. The number of rotatable bonds is 8. The highest BCUT2D eigenvalue weighted by Crippen LogP contribution is 2.55. The fourth-order valence-electron chi connectivity index (χ4n) is 7.83. The maximum absolute atomic E-state index is 13.5. The van der Waals surface area contributed by atoms with Crippen LogP contribution in [0.15, 0.2) is 9.42 Å². The third-order valence-electron chi connectivity index (χ3n) is 9.32. The molecule has 1 aliphatic heterocycles. The molecular weight excluding hydrogens is 478 g/mol. The standard InChI is InChI=1S/C27H39N3O5S/c1-26(2,30-9-5-8-20(30)31)15-34-25-23(36-19-6-3-4-7-19)22(35-29-25)24(32)28-21-17-10-16-11-18(21)14-27(33,12-16)13-17/h16-19,21,33H,3-15H2,1-2H3,(H,28,32). The van der Waals surface area contributed by atoms with Crippen LogP contribution in [-0.2, 0) is 4.79 Å². The summed E-state index contributed by atoms with van der Waals surface area (Å²) in [5, 5.41) is 18.8. The molecule has 5 saturated carbocycles. The molecule has 0 spiro atoms. The van der Waals surface area contributed by atoms with Crippen LogP contribution >= 0.6 is 11.8 Å². The summed E-state index contributed by atoms with van der Waals surface area (Å²) >= 11 is 1.65. The summed E-state index contributed by atoms with van der Waals surface area (Å²) in [4.78, 5) is 28.4. The second-order valence-corrected chi connectivity index (χ2v) is 13.9. The van der Waals surface area contributed by atoms with E-state index in [1.165, 1.54) is 12.8 Å². The molecule has 6 fully saturated rings. The number of likely N-dealkylation sites (tertiary alicyclic amines) is 1. The van der Waals surface area contributed by atoms with E-state index >= 15 is 0 Å². The molecule has 7 rings (SSSR count). The lowest BCUT2D eigenvalue weighted by Gasteiger charge is -2.58. The average molecular weight is 518 g/mol. The predicted octanol–water partition coefficient (Wildman–Crippen LogP) is 4.16. The molecular formula is C27H39N3O5S. The quantitative estimate of drug-likeness (QED) is 0.533. The van der Waals surface area contributed by atoms with E-state index in [1.807, 2.05) is 18.7 Å². The molecule has 2 unspecified atom stereocenters. The lowest BCUT2D eigenvalue weighted by molar-refractivity contribution is -0.137. The van der Waals surface area contributed by atoms with Crippen molar-refractivity contribution in [2.75, 3.05) is 13.2 Å². The molecule has 0 radical (unpaired) electrons. The fourth-order valence-corrected chi connectivity index (χ4v) is 9.16. The van der Waals surface area contributed by atoms with Crippen molar-refractivity contribution in [3.63, 3.8) is 0 Å². The molecule has 9 heteroatoms. The van der Waals surface area contributed by atoms with Crippen LogP contribution in [0.2, 0.25) is 0 Å². The molecule has 2 heterocycles. The topological polar surface area (TPSA) is 105 Å². The maximum Gasteiger partial charge on any atom is 0.291 e. The van der Waals surface area contributed by atoms with Crippen molar-refractivity contribution in [2.24, 2.45) is 17.8 Å². The zero-order valence-electron chi connectivity index (χ0n) is 21.5. The van der Waals surface area contributed by atoms with Gasteiger partial charge in [0.15, 0.2) is 0 Å². The first kappa shape index (κ1) is 24.6. The van der Waals surface area contributed by atoms with Crippen LogP contribution in [0.25, 0.3) is 0 Å². The number of nitrogens with zero attached hydrogens (tertiary/aromatic N) is 2. The monoisotopic (exact) mass is 517 g/mol. The first-order valence-electron chi connectivity index (χ1n) is 13.8. The minimum Gasteiger partial charge on any atom is -0.472 e. The van der Waals surface area contributed by atoms with Gasteiger partial charge < -0.3 is 24.6 Å². The molecule has 36 heavy (non-hydrogen) atoms. The number of ether oxygens (including phenoxy) is 1. The van der Waals surface area contributed by atoms with E-state index in [1.54, 1.807) is 11.8 Å². The molecule has 1 aromatic rings. The Kier molecular flexibility index (Phi) is 6.30. The van der Waals surface area contributed by atoms with Gasteiger partial charge in [0.2, 0.25) is 11.7 Å². The van der Waals surface area contributed by atoms with Crippen molar-refractivity contribution < 1.29 is 24.0 Å². The Bertz CT molecular complexity index is 1000. The van der Waals surface area contributed by atoms with Gasteiger partial charge in [0.25, 0.3) is 11.8 Å². The Morgan fingerprint density at radius 3 is 2.58 bits per heavy atom. The summed E-state index contributed by atoms with van der Waals surface area (Å²) in [6, 6.07) is 0.0771. The van der Waals surface area contributed by atoms with E-state index in [2.05, 4.69) is 10.5 Å². The number of carbonyl (C=O) groups excluding carboxylic acids is 2. The van der Waals surface area contributed by atoms with Crippen LogP contribution in [0.3, 0.4) is 0 Å². The van der Waals surface area contributed by atoms with E-state index in [0.717, 1.165) is 57.9 Å². The van der Waals surface area contributed by atoms with Crippen molar-refractivity contribution in [3.8, 4) is 5.88 Å². The van der Waals surface area contributed by atoms with Crippen LogP contribution in [-0.4, -0.2) is 62.6 Å². The Labute approximate surface area is 217 Å². The zero-order valence-corrected chi connectivity index (χ0v) is 22.3. The Hall–Kier alpha value is -1.74. The Morgan fingerprint density at radius 2 is 1.94 bits per heavy atom. The van der Waals surface area contributed by atoms with E-state index < -0.39 is 11.1 Å². The molecule has 0 aromatic carbocycles. The number of aromatic nitrogens is 1. The van der Waals surface area contributed by atoms with Gasteiger partial charge in [-0.2, -0.15) is 0 Å². The molecule has 6 aliphatic rings. The normalized spacial score (nSPS) is 34.1. The van der Waals surface area contributed by atoms with Gasteiger partial charge in [-0.25, -0.2) is 0 Å². The molecule has 198 valence electrons. The van der Waals surface area contributed by atoms with Gasteiger partial charge in [-0.3, -0.25) is 9.59 Å². The minimum atomic E-state index is -0.530. The second kappa shape index (κ2) is 9.22. The second-order valence-electron chi connectivity index (χ2n) is 12.6. The Morgan fingerprint density at radius 1 is 1.22 bits per heavy atom. The summed E-state index contributed by atoms with van der Waals surface area (Å²) < 4.78 is 11.8. The van der Waals surface area contributed by atoms with Crippen LogP contribution in [0, 0.1) is 17.8 Å². The van der Waals surface area contributed by atoms with E-state index in [-0.39, 0.29) is 30.2 Å². The number of hydrogen-bond acceptors (Lipinski definition) is 7. The van der Waals surface area contributed by atoms with Crippen molar-refractivity contribution in [1.29, 1.82) is 0 Å². The van der Waals surface area contributed by atoms with Gasteiger partial charge in [-0.1, -0.05) is 12.8 Å². The zero-order chi connectivity index (χ0) is 25.1. The largest absolute Gasteiger partial charge is 0.472 e. The lowest BCUT2D eigenvalue weighted by atomic mass is 9.52. The van der Waals surface area contributed by atoms with Crippen molar-refractivity contribution in [1.82, 2.24) is 15.4 Å². The number of thioether (sulfide) groups is 1. The summed E-state index contributed by atoms with van der Waals surface area (Å²) in [7, 11) is 0. The van der Waals surface area contributed by atoms with Gasteiger partial charge in [-0.15, -0.1) is 11.8 Å². The molecule has 1 saturated heterocycles. The summed E-state index contributed by atoms with van der Waals surface area (Å²) in [6.45, 7) is 5.05. The van der Waals surface area contributed by atoms with Gasteiger partial charge in [0, 0.05) is 24.3 Å². The first-order chi connectivity index (χ1) is 17.2. The predicted molar refractivity (Wildman–Crippen MR) is 135 cm³/mol. The van der Waals surface area contributed by atoms with Gasteiger partial charge in [0.05, 0.1) is 11.1 Å². The van der Waals surface area contributed by atoms with E-state index in [0.29, 0.717) is 40.2 Å². The molecule has 2 amide bonds. The summed E-state index contributed by atoms with van der Waals surface area (Å²) in [6.07, 6.45) is 10.7. The summed E-state index contributed by atoms with van der Waals surface area (Å²) in [5.74, 6) is 1.77. The molecule has 1 aromatic heterocycles. The van der Waals surface area contributed by atoms with E-state index in [4.69, 9.17) is 9.26 Å². The number of aliphatic hydroxyl groups is 1. The van der Waals surface area contributed by atoms with Gasteiger partial charge in [0.1, 0.15) is 11.5 Å². The molecule has 8 nitrogen and oxygen atoms in total. The number of hydrogen-bond donors (Lipinski definition) is 2. The number of amides is 2. The van der Waals surface area contributed by atoms with Crippen LogP contribution < -0.4 is 10.1 Å². The third-order valence-corrected chi connectivity index (χ3v) is 10.7. The first-order valence-corrected chi connectivity index (χ1v) is 14.7. The highest BCUT2D eigenvalue weighted by atomic mass is 32.2. The fraction of sp³-hybridized carbons (Fsp3) is 0.815. The molecule has 5 aliphatic carbocycles. The van der Waals surface area contributed by atoms with E-state index in [9.17, 15) is 14.7 Å². The smallest absolute Gasteiger partial charge is 0.291 e. The van der Waals surface area contributed by atoms with Crippen LogP contribution in [0.5, 0.6) is 5.88 Å². The average Bonchev–Trinajstić information content (AvgIpc) is 3.56. The van der Waals surface area contributed by atoms with Crippen LogP contribution in [0.4, 0.5) is 0 Å². The van der Waals surface area contributed by atoms with Gasteiger partial charge in [-0.05, 0) is 88.1 Å². The third kappa shape index (κ3) is 4.55. The summed E-state index contributed by atoms with van der Waals surface area (Å²) in [5.41, 5.74) is -0.997. The van der Waals surface area contributed by atoms with Crippen LogP contribution in [0.1, 0.15) is 95.0 Å². The molecule has 4 bridgehead atoms. The highest BCUT2D eigenvalue weighted by Gasteiger charge is 2.55. The number of carbonyl (C=O) groups is 2. The molecule has 2 atom stereocenters. The van der Waals surface area contributed by atoms with Gasteiger partial charge >= 0.3 is 0 Å². The van der Waals surface area contributed by atoms with Crippen molar-refractivity contribution in [3.05, 3.63) is 5.76 Å².